The number of rotatable bonds is 6. The zero-order valence-electron chi connectivity index (χ0n) is 14.2. The van der Waals surface area contributed by atoms with Gasteiger partial charge in [0.1, 0.15) is 0 Å². The third-order valence-electron chi connectivity index (χ3n) is 5.29. The Morgan fingerprint density at radius 1 is 1.38 bits per heavy atom. The summed E-state index contributed by atoms with van der Waals surface area (Å²) in [5.74, 6) is 1.00. The van der Waals surface area contributed by atoms with Crippen LogP contribution < -0.4 is 5.32 Å². The van der Waals surface area contributed by atoms with Gasteiger partial charge in [0.2, 0.25) is 5.91 Å². The number of likely N-dealkylation sites (tertiary alicyclic amines) is 1. The van der Waals surface area contributed by atoms with Crippen molar-refractivity contribution in [3.05, 3.63) is 22.4 Å². The molecule has 0 bridgehead atoms. The summed E-state index contributed by atoms with van der Waals surface area (Å²) in [6.45, 7) is 3.06. The molecule has 1 aromatic heterocycles. The van der Waals surface area contributed by atoms with Crippen molar-refractivity contribution in [1.82, 2.24) is 10.2 Å². The molecule has 0 saturated carbocycles. The van der Waals surface area contributed by atoms with Crippen LogP contribution in [0.25, 0.3) is 0 Å². The van der Waals surface area contributed by atoms with Crippen molar-refractivity contribution in [2.24, 2.45) is 5.92 Å². The van der Waals surface area contributed by atoms with Crippen LogP contribution in [0.15, 0.2) is 17.5 Å². The van der Waals surface area contributed by atoms with Crippen LogP contribution in [0.3, 0.4) is 0 Å². The van der Waals surface area contributed by atoms with Crippen molar-refractivity contribution in [3.8, 4) is 0 Å². The highest BCUT2D eigenvalue weighted by atomic mass is 35.5. The Hall–Kier alpha value is -0.620. The van der Waals surface area contributed by atoms with E-state index in [1.807, 2.05) is 22.4 Å². The molecule has 2 saturated heterocycles. The molecule has 1 aromatic rings. The minimum absolute atomic E-state index is 0. The lowest BCUT2D eigenvalue weighted by molar-refractivity contribution is -0.132. The van der Waals surface area contributed by atoms with E-state index in [-0.39, 0.29) is 18.4 Å². The number of nitrogens with one attached hydrogen (secondary N) is 1. The second kappa shape index (κ2) is 9.76. The second-order valence-corrected chi connectivity index (χ2v) is 7.86. The molecule has 0 spiro atoms. The number of aliphatic hydroxyl groups is 1. The van der Waals surface area contributed by atoms with Gasteiger partial charge < -0.3 is 15.3 Å². The maximum atomic E-state index is 12.6. The first-order valence-electron chi connectivity index (χ1n) is 8.95. The van der Waals surface area contributed by atoms with Gasteiger partial charge in [-0.05, 0) is 69.0 Å². The summed E-state index contributed by atoms with van der Waals surface area (Å²) in [6, 6.07) is 4.17. The summed E-state index contributed by atoms with van der Waals surface area (Å²) in [5.41, 5.74) is 0. The molecule has 0 aliphatic carbocycles. The van der Waals surface area contributed by atoms with Crippen LogP contribution in [0.1, 0.15) is 55.9 Å². The molecule has 3 rings (SSSR count). The van der Waals surface area contributed by atoms with Gasteiger partial charge in [-0.3, -0.25) is 4.79 Å². The lowest BCUT2D eigenvalue weighted by Gasteiger charge is -2.28. The van der Waals surface area contributed by atoms with E-state index < -0.39 is 6.10 Å². The van der Waals surface area contributed by atoms with Crippen LogP contribution in [0, 0.1) is 5.92 Å². The molecule has 2 fully saturated rings. The van der Waals surface area contributed by atoms with Crippen molar-refractivity contribution < 1.29 is 9.90 Å². The van der Waals surface area contributed by atoms with E-state index in [0.29, 0.717) is 24.7 Å². The minimum atomic E-state index is -0.433. The molecule has 2 aliphatic rings. The Labute approximate surface area is 155 Å². The zero-order chi connectivity index (χ0) is 16.1. The molecular formula is C18H29ClN2O2S. The van der Waals surface area contributed by atoms with E-state index in [2.05, 4.69) is 5.32 Å². The predicted molar refractivity (Wildman–Crippen MR) is 101 cm³/mol. The van der Waals surface area contributed by atoms with Crippen molar-refractivity contribution in [2.45, 2.75) is 57.1 Å². The lowest BCUT2D eigenvalue weighted by atomic mass is 9.93. The molecule has 2 N–H and O–H groups in total. The summed E-state index contributed by atoms with van der Waals surface area (Å²) in [6.07, 6.45) is 6.45. The topological polar surface area (TPSA) is 52.6 Å². The number of carbonyl (C=O) groups is 1. The van der Waals surface area contributed by atoms with Crippen molar-refractivity contribution in [1.29, 1.82) is 0 Å². The van der Waals surface area contributed by atoms with Gasteiger partial charge in [0.05, 0.1) is 6.10 Å². The lowest BCUT2D eigenvalue weighted by Crippen LogP contribution is -2.37. The monoisotopic (exact) mass is 372 g/mol. The average Bonchev–Trinajstić information content (AvgIpc) is 3.25. The maximum absolute atomic E-state index is 12.6. The van der Waals surface area contributed by atoms with Crippen molar-refractivity contribution >= 4 is 29.7 Å². The first-order valence-corrected chi connectivity index (χ1v) is 9.83. The van der Waals surface area contributed by atoms with Gasteiger partial charge in [-0.25, -0.2) is 0 Å². The summed E-state index contributed by atoms with van der Waals surface area (Å²) in [5, 5.41) is 15.7. The molecule has 2 unspecified atom stereocenters. The highest BCUT2D eigenvalue weighted by molar-refractivity contribution is 7.10. The second-order valence-electron chi connectivity index (χ2n) is 6.88. The third kappa shape index (κ3) is 5.19. The van der Waals surface area contributed by atoms with E-state index >= 15 is 0 Å². The fourth-order valence-corrected chi connectivity index (χ4v) is 4.63. The SMILES string of the molecule is Cl.O=C(CCC1CCNCC1)N1CCCC1CC(O)c1cccs1. The van der Waals surface area contributed by atoms with Gasteiger partial charge in [-0.15, -0.1) is 23.7 Å². The molecule has 0 radical (unpaired) electrons. The zero-order valence-corrected chi connectivity index (χ0v) is 15.8. The van der Waals surface area contributed by atoms with E-state index in [1.165, 1.54) is 12.8 Å². The van der Waals surface area contributed by atoms with Gasteiger partial charge in [0.25, 0.3) is 0 Å². The van der Waals surface area contributed by atoms with Gasteiger partial charge in [0.15, 0.2) is 0 Å². The number of hydrogen-bond donors (Lipinski definition) is 2. The number of aliphatic hydroxyl groups excluding tert-OH is 1. The number of piperidine rings is 1. The summed E-state index contributed by atoms with van der Waals surface area (Å²) in [4.78, 5) is 15.7. The summed E-state index contributed by atoms with van der Waals surface area (Å²) >= 11 is 1.59. The standard InChI is InChI=1S/C18H28N2O2S.ClH/c21-16(17-4-2-12-23-17)13-15-3-1-11-20(15)18(22)6-5-14-7-9-19-10-8-14;/h2,4,12,14-16,19,21H,1,3,5-11,13H2;1H. The number of hydrogen-bond acceptors (Lipinski definition) is 4. The molecule has 4 nitrogen and oxygen atoms in total. The molecule has 2 atom stereocenters. The van der Waals surface area contributed by atoms with E-state index in [0.717, 1.165) is 43.8 Å². The Balaban J connectivity index is 0.00000208. The molecule has 6 heteroatoms. The van der Waals surface area contributed by atoms with Gasteiger partial charge in [-0.1, -0.05) is 6.07 Å². The van der Waals surface area contributed by atoms with Crippen LogP contribution in [-0.2, 0) is 4.79 Å². The Morgan fingerprint density at radius 2 is 2.17 bits per heavy atom. The number of nitrogens with zero attached hydrogens (tertiary/aromatic N) is 1. The number of amides is 1. The third-order valence-corrected chi connectivity index (χ3v) is 6.26. The number of carbonyl (C=O) groups excluding carboxylic acids is 1. The Bertz CT molecular complexity index is 491. The smallest absolute Gasteiger partial charge is 0.222 e. The van der Waals surface area contributed by atoms with Crippen LogP contribution >= 0.6 is 23.7 Å². The van der Waals surface area contributed by atoms with Crippen LogP contribution in [0.2, 0.25) is 0 Å². The highest BCUT2D eigenvalue weighted by Crippen LogP contribution is 2.30. The molecule has 2 aliphatic heterocycles. The summed E-state index contributed by atoms with van der Waals surface area (Å²) < 4.78 is 0. The normalized spacial score (nSPS) is 23.0. The molecule has 24 heavy (non-hydrogen) atoms. The van der Waals surface area contributed by atoms with E-state index in [4.69, 9.17) is 0 Å². The fraction of sp³-hybridized carbons (Fsp3) is 0.722. The first kappa shape index (κ1) is 19.7. The van der Waals surface area contributed by atoms with Crippen molar-refractivity contribution in [3.63, 3.8) is 0 Å². The fourth-order valence-electron chi connectivity index (χ4n) is 3.91. The average molecular weight is 373 g/mol. The first-order chi connectivity index (χ1) is 11.2. The molecule has 1 amide bonds. The van der Waals surface area contributed by atoms with Crippen LogP contribution in [-0.4, -0.2) is 41.6 Å². The molecular weight excluding hydrogens is 344 g/mol. The molecule has 136 valence electrons. The summed E-state index contributed by atoms with van der Waals surface area (Å²) in [7, 11) is 0. The Kier molecular flexibility index (Phi) is 8.01. The van der Waals surface area contributed by atoms with Gasteiger partial charge in [-0.2, -0.15) is 0 Å². The van der Waals surface area contributed by atoms with Crippen LogP contribution in [0.4, 0.5) is 0 Å². The van der Waals surface area contributed by atoms with Gasteiger partial charge in [0, 0.05) is 23.9 Å². The maximum Gasteiger partial charge on any atom is 0.222 e. The number of thiophene rings is 1. The largest absolute Gasteiger partial charge is 0.387 e. The van der Waals surface area contributed by atoms with E-state index in [9.17, 15) is 9.90 Å². The quantitative estimate of drug-likeness (QED) is 0.805. The molecule has 3 heterocycles. The van der Waals surface area contributed by atoms with Gasteiger partial charge >= 0.3 is 0 Å². The predicted octanol–water partition coefficient (Wildman–Crippen LogP) is 3.36. The van der Waals surface area contributed by atoms with Crippen LogP contribution in [0.5, 0.6) is 0 Å². The Morgan fingerprint density at radius 3 is 2.88 bits per heavy atom. The molecule has 0 aromatic carbocycles. The minimum Gasteiger partial charge on any atom is -0.387 e. The highest BCUT2D eigenvalue weighted by Gasteiger charge is 2.31. The number of halogens is 1. The van der Waals surface area contributed by atoms with E-state index in [1.54, 1.807) is 11.3 Å². The van der Waals surface area contributed by atoms with Crippen molar-refractivity contribution in [2.75, 3.05) is 19.6 Å².